The second-order valence-corrected chi connectivity index (χ2v) is 7.67. The van der Waals surface area contributed by atoms with Crippen molar-refractivity contribution in [2.45, 2.75) is 51.2 Å². The number of hydrogen-bond donors (Lipinski definition) is 3. The van der Waals surface area contributed by atoms with E-state index in [1.165, 1.54) is 12.3 Å². The van der Waals surface area contributed by atoms with E-state index < -0.39 is 38.1 Å². The van der Waals surface area contributed by atoms with Crippen molar-refractivity contribution >= 4 is 13.6 Å². The van der Waals surface area contributed by atoms with E-state index in [1.807, 2.05) is 13.8 Å². The first-order valence-electron chi connectivity index (χ1n) is 8.71. The number of rotatable bonds is 10. The van der Waals surface area contributed by atoms with Crippen LogP contribution in [-0.2, 0) is 22.9 Å². The van der Waals surface area contributed by atoms with Crippen LogP contribution < -0.4 is 11.4 Å². The van der Waals surface area contributed by atoms with E-state index >= 15 is 0 Å². The van der Waals surface area contributed by atoms with Gasteiger partial charge < -0.3 is 20.7 Å². The molecule has 1 saturated heterocycles. The van der Waals surface area contributed by atoms with E-state index in [0.29, 0.717) is 12.8 Å². The van der Waals surface area contributed by atoms with Crippen molar-refractivity contribution in [1.29, 1.82) is 0 Å². The van der Waals surface area contributed by atoms with Crippen molar-refractivity contribution in [3.63, 3.8) is 0 Å². The van der Waals surface area contributed by atoms with Gasteiger partial charge in [0.1, 0.15) is 24.1 Å². The van der Waals surface area contributed by atoms with Crippen LogP contribution in [0.4, 0.5) is 5.82 Å². The summed E-state index contributed by atoms with van der Waals surface area (Å²) in [6.45, 7) is 3.66. The summed E-state index contributed by atoms with van der Waals surface area (Å²) >= 11 is 0. The minimum atomic E-state index is -3.83. The summed E-state index contributed by atoms with van der Waals surface area (Å²) in [5.74, 6) is 0.0197. The first-order chi connectivity index (χ1) is 12.8. The van der Waals surface area contributed by atoms with Gasteiger partial charge in [-0.3, -0.25) is 18.1 Å². The number of ether oxygens (including phenoxy) is 1. The number of aliphatic hydroxyl groups is 2. The van der Waals surface area contributed by atoms with Crippen LogP contribution >= 0.6 is 7.82 Å². The smallest absolute Gasteiger partial charge is 0.387 e. The molecule has 0 aromatic carbocycles. The summed E-state index contributed by atoms with van der Waals surface area (Å²) in [5, 5.41) is 20.4. The van der Waals surface area contributed by atoms with Crippen molar-refractivity contribution < 1.29 is 33.1 Å². The molecule has 1 fully saturated rings. The van der Waals surface area contributed by atoms with E-state index in [-0.39, 0.29) is 25.6 Å². The third kappa shape index (κ3) is 5.58. The van der Waals surface area contributed by atoms with Crippen LogP contribution in [0.25, 0.3) is 0 Å². The highest BCUT2D eigenvalue weighted by atomic mass is 31.2. The lowest BCUT2D eigenvalue weighted by atomic mass is 10.1. The first kappa shape index (κ1) is 22.0. The van der Waals surface area contributed by atoms with Gasteiger partial charge in [-0.05, 0) is 18.9 Å². The van der Waals surface area contributed by atoms with Gasteiger partial charge in [-0.1, -0.05) is 13.8 Å². The fourth-order valence-electron chi connectivity index (χ4n) is 2.40. The molecule has 0 bridgehead atoms. The number of aromatic nitrogens is 2. The Bertz CT molecular complexity index is 703. The van der Waals surface area contributed by atoms with Gasteiger partial charge in [-0.15, -0.1) is 0 Å². The molecule has 1 aliphatic heterocycles. The number of phosphoric ester groups is 1. The van der Waals surface area contributed by atoms with E-state index in [1.54, 1.807) is 0 Å². The summed E-state index contributed by atoms with van der Waals surface area (Å²) < 4.78 is 34.7. The Morgan fingerprint density at radius 3 is 2.41 bits per heavy atom. The predicted octanol–water partition coefficient (Wildman–Crippen LogP) is 0.423. The lowest BCUT2D eigenvalue weighted by molar-refractivity contribution is -0.0562. The average molecular weight is 407 g/mol. The second-order valence-electron chi connectivity index (χ2n) is 6.00. The van der Waals surface area contributed by atoms with E-state index in [4.69, 9.17) is 24.0 Å². The molecule has 2 rings (SSSR count). The molecule has 1 aromatic heterocycles. The van der Waals surface area contributed by atoms with Gasteiger partial charge in [0, 0.05) is 6.20 Å². The fraction of sp³-hybridized carbons (Fsp3) is 0.733. The number of aliphatic hydroxyl groups excluding tert-OH is 2. The van der Waals surface area contributed by atoms with E-state index in [2.05, 4.69) is 4.98 Å². The summed E-state index contributed by atoms with van der Waals surface area (Å²) in [6.07, 6.45) is -2.54. The summed E-state index contributed by atoms with van der Waals surface area (Å²) in [5.41, 5.74) is 4.70. The minimum absolute atomic E-state index is 0.0197. The van der Waals surface area contributed by atoms with Crippen LogP contribution in [-0.4, -0.2) is 57.9 Å². The average Bonchev–Trinajstić information content (AvgIpc) is 2.92. The summed E-state index contributed by atoms with van der Waals surface area (Å²) in [4.78, 5) is 15.5. The molecule has 0 radical (unpaired) electrons. The fourth-order valence-corrected chi connectivity index (χ4v) is 3.76. The Kier molecular flexibility index (Phi) is 7.92. The zero-order valence-corrected chi connectivity index (χ0v) is 16.2. The van der Waals surface area contributed by atoms with Crippen molar-refractivity contribution in [2.24, 2.45) is 0 Å². The standard InChI is InChI=1S/C15H26N3O8P/c1-3-7-23-27(22,24-8-4-2)25-9-10-12(19)13(20)14(26-10)18-6-5-11(16)17-15(18)21/h5-6,10,12-14,19-20H,3-4,7-9H2,1-2H3,(H2,16,17,21)/t10-,12-,13-,14+/m0/s1. The lowest BCUT2D eigenvalue weighted by Crippen LogP contribution is -2.36. The molecule has 4 atom stereocenters. The third-order valence-electron chi connectivity index (χ3n) is 3.77. The highest BCUT2D eigenvalue weighted by Crippen LogP contribution is 2.50. The Hall–Kier alpha value is -1.33. The molecular formula is C15H26N3O8P. The first-order valence-corrected chi connectivity index (χ1v) is 10.2. The van der Waals surface area contributed by atoms with Crippen LogP contribution in [0.3, 0.4) is 0 Å². The van der Waals surface area contributed by atoms with Crippen LogP contribution in [0.15, 0.2) is 17.1 Å². The van der Waals surface area contributed by atoms with Gasteiger partial charge in [-0.25, -0.2) is 9.36 Å². The highest BCUT2D eigenvalue weighted by Gasteiger charge is 2.45. The number of anilines is 1. The Morgan fingerprint density at radius 2 is 1.85 bits per heavy atom. The molecular weight excluding hydrogens is 381 g/mol. The van der Waals surface area contributed by atoms with Crippen molar-refractivity contribution in [3.05, 3.63) is 22.7 Å². The highest BCUT2D eigenvalue weighted by molar-refractivity contribution is 7.48. The van der Waals surface area contributed by atoms with Gasteiger partial charge >= 0.3 is 13.5 Å². The largest absolute Gasteiger partial charge is 0.474 e. The normalized spacial score (nSPS) is 25.8. The number of hydrogen-bond acceptors (Lipinski definition) is 10. The van der Waals surface area contributed by atoms with Gasteiger partial charge in [0.2, 0.25) is 0 Å². The summed E-state index contributed by atoms with van der Waals surface area (Å²) in [6, 6.07) is 1.36. The molecule has 0 amide bonds. The Morgan fingerprint density at radius 1 is 1.22 bits per heavy atom. The minimum Gasteiger partial charge on any atom is -0.387 e. The molecule has 0 aliphatic carbocycles. The van der Waals surface area contributed by atoms with Crippen LogP contribution in [0.1, 0.15) is 32.9 Å². The van der Waals surface area contributed by atoms with E-state index in [9.17, 15) is 19.6 Å². The summed E-state index contributed by atoms with van der Waals surface area (Å²) in [7, 11) is -3.83. The zero-order chi connectivity index (χ0) is 20.0. The van der Waals surface area contributed by atoms with Crippen molar-refractivity contribution in [3.8, 4) is 0 Å². The maximum atomic E-state index is 12.6. The Labute approximate surface area is 156 Å². The number of nitrogens with zero attached hydrogens (tertiary/aromatic N) is 2. The molecule has 27 heavy (non-hydrogen) atoms. The van der Waals surface area contributed by atoms with Crippen LogP contribution in [0.2, 0.25) is 0 Å². The molecule has 11 nitrogen and oxygen atoms in total. The zero-order valence-electron chi connectivity index (χ0n) is 15.3. The predicted molar refractivity (Wildman–Crippen MR) is 94.9 cm³/mol. The molecule has 0 saturated carbocycles. The quantitative estimate of drug-likeness (QED) is 0.465. The van der Waals surface area contributed by atoms with E-state index in [0.717, 1.165) is 4.57 Å². The number of nitrogen functional groups attached to an aromatic ring is 1. The molecule has 4 N–H and O–H groups in total. The number of phosphoric acid groups is 1. The van der Waals surface area contributed by atoms with Crippen LogP contribution in [0.5, 0.6) is 0 Å². The monoisotopic (exact) mass is 407 g/mol. The molecule has 1 aromatic rings. The van der Waals surface area contributed by atoms with Crippen LogP contribution in [0, 0.1) is 0 Å². The van der Waals surface area contributed by atoms with Gasteiger partial charge in [0.05, 0.1) is 19.8 Å². The molecule has 1 aliphatic rings. The van der Waals surface area contributed by atoms with Crippen molar-refractivity contribution in [2.75, 3.05) is 25.6 Å². The lowest BCUT2D eigenvalue weighted by Gasteiger charge is -2.20. The van der Waals surface area contributed by atoms with Crippen molar-refractivity contribution in [1.82, 2.24) is 9.55 Å². The maximum Gasteiger partial charge on any atom is 0.474 e. The SMILES string of the molecule is CCCOP(=O)(OCCC)OC[C@@H]1O[C@@H](n2ccc(N)nc2=O)[C@@H](O)[C@H]1O. The third-order valence-corrected chi connectivity index (χ3v) is 5.23. The van der Waals surface area contributed by atoms with Gasteiger partial charge in [0.25, 0.3) is 0 Å². The van der Waals surface area contributed by atoms with Gasteiger partial charge in [-0.2, -0.15) is 4.98 Å². The molecule has 154 valence electrons. The topological polar surface area (TPSA) is 155 Å². The van der Waals surface area contributed by atoms with Gasteiger partial charge in [0.15, 0.2) is 6.23 Å². The maximum absolute atomic E-state index is 12.6. The molecule has 0 spiro atoms. The molecule has 2 heterocycles. The molecule has 0 unspecified atom stereocenters. The second kappa shape index (κ2) is 9.74. The molecule has 12 heteroatoms. The Balaban J connectivity index is 2.06. The number of nitrogens with two attached hydrogens (primary N) is 1.